The van der Waals surface area contributed by atoms with Crippen molar-refractivity contribution in [3.8, 4) is 5.75 Å². The van der Waals surface area contributed by atoms with Gasteiger partial charge in [-0.05, 0) is 69.7 Å². The predicted octanol–water partition coefficient (Wildman–Crippen LogP) is -3.04. The Bertz CT molecular complexity index is 1950. The first kappa shape index (κ1) is 56.7. The summed E-state index contributed by atoms with van der Waals surface area (Å²) in [6, 6.07) is -2.62. The molecule has 0 aliphatic carbocycles. The number of carbonyl (C=O) groups excluding carboxylic acids is 10. The van der Waals surface area contributed by atoms with Crippen LogP contribution in [0.5, 0.6) is 5.75 Å². The van der Waals surface area contributed by atoms with Crippen LogP contribution in [0.15, 0.2) is 24.3 Å². The van der Waals surface area contributed by atoms with E-state index >= 15 is 0 Å². The predicted molar refractivity (Wildman–Crippen MR) is 253 cm³/mol. The van der Waals surface area contributed by atoms with E-state index in [1.807, 2.05) is 6.92 Å². The number of hydrogen-bond donors (Lipinski definition) is 11. The maximum absolute atomic E-state index is 14.4. The highest BCUT2D eigenvalue weighted by Crippen LogP contribution is 2.26. The Labute approximate surface area is 403 Å². The van der Waals surface area contributed by atoms with Gasteiger partial charge in [-0.1, -0.05) is 54.0 Å². The van der Waals surface area contributed by atoms with E-state index in [2.05, 4.69) is 37.2 Å². The third-order valence-electron chi connectivity index (χ3n) is 11.2. The number of primary amides is 2. The molecule has 2 aliphatic rings. The molecule has 1 aromatic carbocycles. The van der Waals surface area contributed by atoms with Crippen molar-refractivity contribution in [2.45, 2.75) is 127 Å². The third kappa shape index (κ3) is 18.1. The third-order valence-corrected chi connectivity index (χ3v) is 13.6. The Morgan fingerprint density at radius 3 is 2.15 bits per heavy atom. The minimum absolute atomic E-state index is 0.0243. The van der Waals surface area contributed by atoms with Gasteiger partial charge >= 0.3 is 0 Å². The summed E-state index contributed by atoms with van der Waals surface area (Å²) in [5, 5.41) is 28.7. The molecule has 0 aromatic heterocycles. The number of nitrogens with two attached hydrogens (primary N) is 3. The van der Waals surface area contributed by atoms with Gasteiger partial charge in [0.25, 0.3) is 0 Å². The van der Waals surface area contributed by atoms with E-state index < -0.39 is 126 Å². The van der Waals surface area contributed by atoms with Gasteiger partial charge in [0, 0.05) is 30.9 Å². The number of likely N-dealkylation sites (tertiary alicyclic amines) is 1. The average molecular weight is 994 g/mol. The van der Waals surface area contributed by atoms with Crippen molar-refractivity contribution >= 4 is 80.7 Å². The monoisotopic (exact) mass is 993 g/mol. The summed E-state index contributed by atoms with van der Waals surface area (Å²) < 4.78 is 5.53. The van der Waals surface area contributed by atoms with Gasteiger partial charge in [-0.3, -0.25) is 47.9 Å². The molecular formula is C43H67N11O12S2. The summed E-state index contributed by atoms with van der Waals surface area (Å²) >= 11 is 0. The van der Waals surface area contributed by atoms with E-state index in [0.29, 0.717) is 37.2 Å². The minimum atomic E-state index is -1.74. The highest BCUT2D eigenvalue weighted by Gasteiger charge is 2.41. The van der Waals surface area contributed by atoms with Crippen molar-refractivity contribution < 1.29 is 57.8 Å². The molecule has 2 saturated heterocycles. The number of nitrogens with zero attached hydrogens (tertiary/aromatic N) is 1. The van der Waals surface area contributed by atoms with Gasteiger partial charge in [0.1, 0.15) is 48.0 Å². The van der Waals surface area contributed by atoms with Crippen LogP contribution < -0.4 is 59.2 Å². The molecule has 68 heavy (non-hydrogen) atoms. The van der Waals surface area contributed by atoms with Crippen LogP contribution in [0.25, 0.3) is 0 Å². The first-order chi connectivity index (χ1) is 32.3. The summed E-state index contributed by atoms with van der Waals surface area (Å²) in [7, 11) is 2.27. The van der Waals surface area contributed by atoms with Crippen molar-refractivity contribution in [3.63, 3.8) is 0 Å². The van der Waals surface area contributed by atoms with Crippen LogP contribution in [-0.2, 0) is 54.4 Å². The summed E-state index contributed by atoms with van der Waals surface area (Å²) in [6.07, 6.45) is -1.05. The molecule has 9 atom stereocenters. The van der Waals surface area contributed by atoms with Gasteiger partial charge in [0.15, 0.2) is 0 Å². The second kappa shape index (κ2) is 28.6. The first-order valence-electron chi connectivity index (χ1n) is 22.6. The van der Waals surface area contributed by atoms with E-state index in [-0.39, 0.29) is 50.3 Å². The van der Waals surface area contributed by atoms with Crippen LogP contribution in [-0.4, -0.2) is 155 Å². The molecule has 25 heteroatoms. The largest absolute Gasteiger partial charge is 0.494 e. The SMILES string of the molecule is CCOc1ccc(C[C@H]2NC(=O)CCSSC[C@@H](C(=O)N3CCC[C@H]3C(=O)N[C@@H](CCCN)C(=O)NCC(N)=O)NC(=O)[C@H](CC(N)=O)NC(=O)[C@H]([C@@H](C)O)NC(=O)[C@@H]([C@@H](C)CC)NC2=O)cc1. The molecule has 378 valence electrons. The van der Waals surface area contributed by atoms with Crippen LogP contribution in [0.2, 0.25) is 0 Å². The molecule has 0 saturated carbocycles. The van der Waals surface area contributed by atoms with Crippen LogP contribution >= 0.6 is 21.6 Å². The molecular weight excluding hydrogens is 927 g/mol. The molecule has 14 N–H and O–H groups in total. The number of rotatable bonds is 18. The minimum Gasteiger partial charge on any atom is -0.494 e. The number of aliphatic hydroxyl groups is 1. The Kier molecular flexibility index (Phi) is 23.8. The molecule has 2 aliphatic heterocycles. The lowest BCUT2D eigenvalue weighted by atomic mass is 9.96. The standard InChI is InChI=1S/C43H67N11O12S2/c1-5-23(3)35-41(63)53-36(24(4)55)42(64)50-29(20-32(45)56)38(60)51-30(43(65)54-17-8-10-31(54)40(62)49-27(9-7-16-44)37(59)47-21-33(46)57)22-68-67-18-15-34(58)48-28(39(61)52-35)19-25-11-13-26(14-12-25)66-6-2/h11-14,23-24,27-31,35-36,55H,5-10,15-22,44H2,1-4H3,(H2,45,56)(H2,46,57)(H,47,59)(H,48,58)(H,49,62)(H,50,64)(H,51,60)(H,52,61)(H,53,63)/t23-,24+,27-,28+,29-,30-,31-,35+,36-/m0/s1. The van der Waals surface area contributed by atoms with Gasteiger partial charge in [0.2, 0.25) is 59.1 Å². The average Bonchev–Trinajstić information content (AvgIpc) is 3.79. The number of benzene rings is 1. The molecule has 0 bridgehead atoms. The Morgan fingerprint density at radius 1 is 0.868 bits per heavy atom. The lowest BCUT2D eigenvalue weighted by Gasteiger charge is -2.31. The lowest BCUT2D eigenvalue weighted by Crippen LogP contribution is -2.63. The molecule has 2 fully saturated rings. The van der Waals surface area contributed by atoms with Gasteiger partial charge in [-0.15, -0.1) is 0 Å². The Morgan fingerprint density at radius 2 is 1.53 bits per heavy atom. The van der Waals surface area contributed by atoms with Crippen molar-refractivity contribution in [1.82, 2.24) is 42.1 Å². The summed E-state index contributed by atoms with van der Waals surface area (Å²) in [6.45, 7) is 6.72. The van der Waals surface area contributed by atoms with E-state index in [9.17, 15) is 53.1 Å². The van der Waals surface area contributed by atoms with E-state index in [1.54, 1.807) is 38.1 Å². The summed E-state index contributed by atoms with van der Waals surface area (Å²) in [4.78, 5) is 135. The summed E-state index contributed by atoms with van der Waals surface area (Å²) in [5.41, 5.74) is 17.0. The molecule has 10 amide bonds. The molecule has 1 aromatic rings. The van der Waals surface area contributed by atoms with E-state index in [4.69, 9.17) is 21.9 Å². The van der Waals surface area contributed by atoms with E-state index in [0.717, 1.165) is 10.8 Å². The molecule has 2 heterocycles. The van der Waals surface area contributed by atoms with Gasteiger partial charge in [0.05, 0.1) is 25.7 Å². The Balaban J connectivity index is 1.99. The molecule has 0 spiro atoms. The number of carbonyl (C=O) groups is 10. The highest BCUT2D eigenvalue weighted by molar-refractivity contribution is 8.76. The fraction of sp³-hybridized carbons (Fsp3) is 0.628. The molecule has 0 unspecified atom stereocenters. The van der Waals surface area contributed by atoms with E-state index in [1.165, 1.54) is 22.6 Å². The van der Waals surface area contributed by atoms with Crippen molar-refractivity contribution in [2.24, 2.45) is 23.1 Å². The number of nitrogens with one attached hydrogen (secondary N) is 7. The quantitative estimate of drug-likeness (QED) is 0.0652. The van der Waals surface area contributed by atoms with Gasteiger partial charge in [-0.25, -0.2) is 0 Å². The number of aliphatic hydroxyl groups excluding tert-OH is 1. The zero-order valence-electron chi connectivity index (χ0n) is 38.8. The van der Waals surface area contributed by atoms with Gasteiger partial charge in [-0.2, -0.15) is 0 Å². The second-order valence-corrected chi connectivity index (χ2v) is 19.1. The van der Waals surface area contributed by atoms with Crippen molar-refractivity contribution in [1.29, 1.82) is 0 Å². The second-order valence-electron chi connectivity index (χ2n) is 16.5. The number of ether oxygens (including phenoxy) is 1. The number of hydrogen-bond acceptors (Lipinski definition) is 15. The highest BCUT2D eigenvalue weighted by atomic mass is 33.1. The normalized spacial score (nSPS) is 23.8. The van der Waals surface area contributed by atoms with Crippen LogP contribution in [0.4, 0.5) is 0 Å². The topological polar surface area (TPSA) is 366 Å². The fourth-order valence-corrected chi connectivity index (χ4v) is 9.44. The van der Waals surface area contributed by atoms with Crippen molar-refractivity contribution in [3.05, 3.63) is 29.8 Å². The lowest BCUT2D eigenvalue weighted by molar-refractivity contribution is -0.142. The first-order valence-corrected chi connectivity index (χ1v) is 25.1. The number of amides is 10. The molecule has 0 radical (unpaired) electrons. The zero-order valence-corrected chi connectivity index (χ0v) is 40.5. The molecule has 23 nitrogen and oxygen atoms in total. The van der Waals surface area contributed by atoms with Crippen LogP contribution in [0, 0.1) is 5.92 Å². The smallest absolute Gasteiger partial charge is 0.246 e. The zero-order chi connectivity index (χ0) is 50.5. The van der Waals surface area contributed by atoms with Crippen molar-refractivity contribution in [2.75, 3.05) is 37.7 Å². The Hall–Kier alpha value is -5.66. The maximum atomic E-state index is 14.4. The molecule has 3 rings (SSSR count). The van der Waals surface area contributed by atoms with Gasteiger partial charge < -0.3 is 69.2 Å². The van der Waals surface area contributed by atoms with Crippen LogP contribution in [0.3, 0.4) is 0 Å². The maximum Gasteiger partial charge on any atom is 0.246 e. The van der Waals surface area contributed by atoms with Crippen LogP contribution in [0.1, 0.15) is 78.2 Å². The fourth-order valence-electron chi connectivity index (χ4n) is 7.29. The summed E-state index contributed by atoms with van der Waals surface area (Å²) in [5.74, 6) is -8.07.